The molecule has 2 unspecified atom stereocenters. The molecule has 16 heavy (non-hydrogen) atoms. The highest BCUT2D eigenvalue weighted by Gasteiger charge is 2.23. The van der Waals surface area contributed by atoms with Gasteiger partial charge in [-0.25, -0.2) is 0 Å². The Bertz CT molecular complexity index is 340. The summed E-state index contributed by atoms with van der Waals surface area (Å²) in [5.74, 6) is 1.34. The molecule has 1 fully saturated rings. The summed E-state index contributed by atoms with van der Waals surface area (Å²) in [5, 5.41) is 12.6. The molecule has 0 bridgehead atoms. The quantitative estimate of drug-likeness (QED) is 0.814. The topological polar surface area (TPSA) is 41.5 Å². The van der Waals surface area contributed by atoms with Crippen LogP contribution in [0.4, 0.5) is 0 Å². The normalized spacial score (nSPS) is 25.4. The lowest BCUT2D eigenvalue weighted by Gasteiger charge is -2.30. The molecule has 1 aromatic carbocycles. The van der Waals surface area contributed by atoms with Crippen LogP contribution in [0.1, 0.15) is 18.9 Å². The zero-order valence-corrected chi connectivity index (χ0v) is 9.65. The molecule has 1 aliphatic rings. The van der Waals surface area contributed by atoms with E-state index in [2.05, 4.69) is 12.2 Å². The zero-order valence-electron chi connectivity index (χ0n) is 9.65. The number of para-hydroxylation sites is 1. The largest absolute Gasteiger partial charge is 0.490 e. The van der Waals surface area contributed by atoms with Crippen molar-refractivity contribution in [3.8, 4) is 5.75 Å². The summed E-state index contributed by atoms with van der Waals surface area (Å²) >= 11 is 0. The van der Waals surface area contributed by atoms with E-state index >= 15 is 0 Å². The number of piperidine rings is 1. The lowest BCUT2D eigenvalue weighted by Crippen LogP contribution is -2.41. The van der Waals surface area contributed by atoms with Crippen LogP contribution in [-0.2, 0) is 6.61 Å². The van der Waals surface area contributed by atoms with E-state index in [1.807, 2.05) is 24.3 Å². The fourth-order valence-corrected chi connectivity index (χ4v) is 2.08. The molecule has 0 spiro atoms. The third kappa shape index (κ3) is 2.54. The number of hydrogen-bond donors (Lipinski definition) is 2. The van der Waals surface area contributed by atoms with Gasteiger partial charge in [-0.2, -0.15) is 0 Å². The highest BCUT2D eigenvalue weighted by molar-refractivity contribution is 5.32. The van der Waals surface area contributed by atoms with Crippen LogP contribution >= 0.6 is 0 Å². The molecule has 2 rings (SSSR count). The van der Waals surface area contributed by atoms with Crippen molar-refractivity contribution in [1.29, 1.82) is 0 Å². The van der Waals surface area contributed by atoms with Crippen LogP contribution in [0.3, 0.4) is 0 Å². The molecule has 2 atom stereocenters. The first-order valence-electron chi connectivity index (χ1n) is 5.87. The summed E-state index contributed by atoms with van der Waals surface area (Å²) in [7, 11) is 0. The number of aliphatic hydroxyl groups excluding tert-OH is 1. The molecule has 1 aliphatic heterocycles. The van der Waals surface area contributed by atoms with Crippen molar-refractivity contribution in [2.24, 2.45) is 5.92 Å². The summed E-state index contributed by atoms with van der Waals surface area (Å²) in [4.78, 5) is 0. The Labute approximate surface area is 96.4 Å². The van der Waals surface area contributed by atoms with Gasteiger partial charge < -0.3 is 15.2 Å². The second kappa shape index (κ2) is 5.32. The smallest absolute Gasteiger partial charge is 0.125 e. The van der Waals surface area contributed by atoms with Crippen molar-refractivity contribution >= 4 is 0 Å². The first-order chi connectivity index (χ1) is 7.81. The van der Waals surface area contributed by atoms with Crippen LogP contribution in [0.2, 0.25) is 0 Å². The third-order valence-corrected chi connectivity index (χ3v) is 3.13. The maximum Gasteiger partial charge on any atom is 0.125 e. The van der Waals surface area contributed by atoms with Crippen LogP contribution < -0.4 is 10.1 Å². The second-order valence-electron chi connectivity index (χ2n) is 4.39. The molecule has 3 heteroatoms. The number of benzene rings is 1. The van der Waals surface area contributed by atoms with E-state index in [1.54, 1.807) is 0 Å². The molecule has 1 heterocycles. The van der Waals surface area contributed by atoms with Gasteiger partial charge in [-0.1, -0.05) is 25.1 Å². The number of hydrogen-bond acceptors (Lipinski definition) is 3. The van der Waals surface area contributed by atoms with E-state index in [9.17, 15) is 5.11 Å². The van der Waals surface area contributed by atoms with Crippen molar-refractivity contribution in [3.05, 3.63) is 29.8 Å². The fraction of sp³-hybridized carbons (Fsp3) is 0.538. The molecular weight excluding hydrogens is 202 g/mol. The SMILES string of the molecule is CC1CNCCC1Oc1ccccc1CO. The predicted molar refractivity (Wildman–Crippen MR) is 63.4 cm³/mol. The first kappa shape index (κ1) is 11.4. The highest BCUT2D eigenvalue weighted by Crippen LogP contribution is 2.23. The lowest BCUT2D eigenvalue weighted by molar-refractivity contribution is 0.108. The van der Waals surface area contributed by atoms with Crippen molar-refractivity contribution in [3.63, 3.8) is 0 Å². The van der Waals surface area contributed by atoms with E-state index in [0.29, 0.717) is 5.92 Å². The molecule has 0 saturated carbocycles. The van der Waals surface area contributed by atoms with Gasteiger partial charge in [0, 0.05) is 18.0 Å². The Morgan fingerprint density at radius 1 is 1.44 bits per heavy atom. The highest BCUT2D eigenvalue weighted by atomic mass is 16.5. The standard InChI is InChI=1S/C13H19NO2/c1-10-8-14-7-6-12(10)16-13-5-3-2-4-11(13)9-15/h2-5,10,12,14-15H,6-9H2,1H3. The number of ether oxygens (including phenoxy) is 1. The van der Waals surface area contributed by atoms with Gasteiger partial charge in [-0.15, -0.1) is 0 Å². The van der Waals surface area contributed by atoms with Gasteiger partial charge in [0.15, 0.2) is 0 Å². The van der Waals surface area contributed by atoms with E-state index in [1.165, 1.54) is 0 Å². The molecule has 88 valence electrons. The van der Waals surface area contributed by atoms with Gasteiger partial charge in [0.2, 0.25) is 0 Å². The van der Waals surface area contributed by atoms with Crippen LogP contribution in [0.5, 0.6) is 5.75 Å². The molecule has 0 aliphatic carbocycles. The molecule has 3 nitrogen and oxygen atoms in total. The number of aliphatic hydroxyl groups is 1. The van der Waals surface area contributed by atoms with Gasteiger partial charge in [-0.05, 0) is 19.0 Å². The maximum absolute atomic E-state index is 9.22. The number of nitrogens with one attached hydrogen (secondary N) is 1. The monoisotopic (exact) mass is 221 g/mol. The Morgan fingerprint density at radius 2 is 2.25 bits per heavy atom. The Balaban J connectivity index is 2.07. The average Bonchev–Trinajstić information content (AvgIpc) is 2.33. The van der Waals surface area contributed by atoms with Crippen LogP contribution in [0, 0.1) is 5.92 Å². The molecule has 1 aromatic rings. The van der Waals surface area contributed by atoms with E-state index in [4.69, 9.17) is 4.74 Å². The van der Waals surface area contributed by atoms with Crippen LogP contribution in [-0.4, -0.2) is 24.3 Å². The predicted octanol–water partition coefficient (Wildman–Crippen LogP) is 1.56. The molecule has 1 saturated heterocycles. The van der Waals surface area contributed by atoms with Gasteiger partial charge >= 0.3 is 0 Å². The van der Waals surface area contributed by atoms with E-state index in [-0.39, 0.29) is 12.7 Å². The summed E-state index contributed by atoms with van der Waals surface area (Å²) < 4.78 is 5.99. The van der Waals surface area contributed by atoms with Crippen molar-refractivity contribution in [2.45, 2.75) is 26.1 Å². The minimum Gasteiger partial charge on any atom is -0.490 e. The molecule has 0 amide bonds. The minimum absolute atomic E-state index is 0.0372. The summed E-state index contributed by atoms with van der Waals surface area (Å²) in [6.07, 6.45) is 1.29. The average molecular weight is 221 g/mol. The second-order valence-corrected chi connectivity index (χ2v) is 4.39. The zero-order chi connectivity index (χ0) is 11.4. The van der Waals surface area contributed by atoms with Gasteiger partial charge in [-0.3, -0.25) is 0 Å². The lowest BCUT2D eigenvalue weighted by atomic mass is 9.98. The number of rotatable bonds is 3. The van der Waals surface area contributed by atoms with Crippen LogP contribution in [0.25, 0.3) is 0 Å². The fourth-order valence-electron chi connectivity index (χ4n) is 2.08. The van der Waals surface area contributed by atoms with Crippen LogP contribution in [0.15, 0.2) is 24.3 Å². The summed E-state index contributed by atoms with van der Waals surface area (Å²) in [6, 6.07) is 7.70. The maximum atomic E-state index is 9.22. The van der Waals surface area contributed by atoms with Gasteiger partial charge in [0.1, 0.15) is 11.9 Å². The molecular formula is C13H19NO2. The molecule has 0 radical (unpaired) electrons. The van der Waals surface area contributed by atoms with Gasteiger partial charge in [0.05, 0.1) is 6.61 Å². The Morgan fingerprint density at radius 3 is 3.00 bits per heavy atom. The van der Waals surface area contributed by atoms with E-state index in [0.717, 1.165) is 30.8 Å². The summed E-state index contributed by atoms with van der Waals surface area (Å²) in [6.45, 7) is 4.25. The summed E-state index contributed by atoms with van der Waals surface area (Å²) in [5.41, 5.74) is 0.869. The van der Waals surface area contributed by atoms with Crippen molar-refractivity contribution < 1.29 is 9.84 Å². The molecule has 0 aromatic heterocycles. The van der Waals surface area contributed by atoms with Crippen molar-refractivity contribution in [1.82, 2.24) is 5.32 Å². The van der Waals surface area contributed by atoms with E-state index < -0.39 is 0 Å². The Kier molecular flexibility index (Phi) is 3.80. The third-order valence-electron chi connectivity index (χ3n) is 3.13. The first-order valence-corrected chi connectivity index (χ1v) is 5.87. The molecule has 2 N–H and O–H groups in total. The minimum atomic E-state index is 0.0372. The Hall–Kier alpha value is -1.06. The van der Waals surface area contributed by atoms with Crippen molar-refractivity contribution in [2.75, 3.05) is 13.1 Å². The van der Waals surface area contributed by atoms with Gasteiger partial charge in [0.25, 0.3) is 0 Å².